The van der Waals surface area contributed by atoms with Gasteiger partial charge in [0.05, 0.1) is 12.2 Å². The second-order valence-corrected chi connectivity index (χ2v) is 1.98. The van der Waals surface area contributed by atoms with Crippen molar-refractivity contribution >= 4 is 0 Å². The highest BCUT2D eigenvalue weighted by atomic mass is 16.3. The standard InChI is InChI=1S/C6H9O2/c7-5-3-1-2-4-6(5)8/h1,5-8H,3-4H2. The molecule has 0 saturated carbocycles. The van der Waals surface area contributed by atoms with Crippen molar-refractivity contribution in [2.75, 3.05) is 0 Å². The molecular weight excluding hydrogens is 104 g/mol. The van der Waals surface area contributed by atoms with Crippen molar-refractivity contribution in [3.63, 3.8) is 0 Å². The number of rotatable bonds is 0. The van der Waals surface area contributed by atoms with Crippen molar-refractivity contribution in [2.24, 2.45) is 0 Å². The molecule has 0 amide bonds. The molecule has 2 unspecified atom stereocenters. The van der Waals surface area contributed by atoms with Crippen LogP contribution in [0.5, 0.6) is 0 Å². The lowest BCUT2D eigenvalue weighted by atomic mass is 10.0. The Morgan fingerprint density at radius 3 is 2.50 bits per heavy atom. The molecule has 0 fully saturated rings. The molecule has 45 valence electrons. The van der Waals surface area contributed by atoms with E-state index < -0.39 is 12.2 Å². The van der Waals surface area contributed by atoms with Gasteiger partial charge < -0.3 is 10.2 Å². The van der Waals surface area contributed by atoms with E-state index in [0.717, 1.165) is 0 Å². The van der Waals surface area contributed by atoms with E-state index in [1.807, 2.05) is 0 Å². The lowest BCUT2D eigenvalue weighted by Gasteiger charge is -2.17. The maximum Gasteiger partial charge on any atom is 0.0842 e. The predicted molar refractivity (Wildman–Crippen MR) is 29.1 cm³/mol. The van der Waals surface area contributed by atoms with Crippen LogP contribution >= 0.6 is 0 Å². The third-order valence-corrected chi connectivity index (χ3v) is 1.27. The van der Waals surface area contributed by atoms with Crippen LogP contribution in [0.2, 0.25) is 0 Å². The van der Waals surface area contributed by atoms with E-state index in [-0.39, 0.29) is 0 Å². The van der Waals surface area contributed by atoms with E-state index in [9.17, 15) is 0 Å². The molecule has 1 aliphatic carbocycles. The minimum absolute atomic E-state index is 0.473. The smallest absolute Gasteiger partial charge is 0.0842 e. The molecule has 0 aromatic rings. The molecule has 2 nitrogen and oxygen atoms in total. The summed E-state index contributed by atoms with van der Waals surface area (Å²) in [5.74, 6) is 0. The van der Waals surface area contributed by atoms with Crippen LogP contribution in [-0.2, 0) is 0 Å². The van der Waals surface area contributed by atoms with Crippen LogP contribution in [0, 0.1) is 6.08 Å². The molecule has 0 aromatic carbocycles. The average molecular weight is 113 g/mol. The summed E-state index contributed by atoms with van der Waals surface area (Å²) in [5, 5.41) is 17.7. The summed E-state index contributed by atoms with van der Waals surface area (Å²) >= 11 is 0. The fourth-order valence-corrected chi connectivity index (χ4v) is 0.701. The molecule has 0 saturated heterocycles. The van der Waals surface area contributed by atoms with Gasteiger partial charge in [-0.2, -0.15) is 0 Å². The normalized spacial score (nSPS) is 37.8. The van der Waals surface area contributed by atoms with Crippen molar-refractivity contribution in [2.45, 2.75) is 25.0 Å². The van der Waals surface area contributed by atoms with E-state index in [1.165, 1.54) is 0 Å². The number of aliphatic hydroxyl groups is 2. The predicted octanol–water partition coefficient (Wildman–Crippen LogP) is -0.139. The quantitative estimate of drug-likeness (QED) is 0.459. The van der Waals surface area contributed by atoms with Gasteiger partial charge in [0.25, 0.3) is 0 Å². The van der Waals surface area contributed by atoms with E-state index in [2.05, 4.69) is 6.08 Å². The molecule has 1 radical (unpaired) electrons. The van der Waals surface area contributed by atoms with Crippen LogP contribution in [0.4, 0.5) is 0 Å². The molecule has 1 rings (SSSR count). The summed E-state index contributed by atoms with van der Waals surface area (Å²) in [4.78, 5) is 0. The molecule has 0 aromatic heterocycles. The highest BCUT2D eigenvalue weighted by Gasteiger charge is 2.15. The molecule has 8 heavy (non-hydrogen) atoms. The van der Waals surface area contributed by atoms with Gasteiger partial charge in [0.1, 0.15) is 0 Å². The first-order chi connectivity index (χ1) is 3.80. The second kappa shape index (κ2) is 2.29. The van der Waals surface area contributed by atoms with Gasteiger partial charge in [-0.25, -0.2) is 0 Å². The van der Waals surface area contributed by atoms with Crippen LogP contribution in [0.25, 0.3) is 0 Å². The summed E-state index contributed by atoms with van der Waals surface area (Å²) in [5.41, 5.74) is 0. The van der Waals surface area contributed by atoms with Gasteiger partial charge >= 0.3 is 0 Å². The van der Waals surface area contributed by atoms with Crippen LogP contribution in [0.15, 0.2) is 6.08 Å². The van der Waals surface area contributed by atoms with E-state index in [0.29, 0.717) is 12.8 Å². The molecule has 0 heterocycles. The summed E-state index contributed by atoms with van der Waals surface area (Å²) in [6, 6.07) is 0. The molecule has 2 heteroatoms. The van der Waals surface area contributed by atoms with Crippen molar-refractivity contribution in [3.05, 3.63) is 12.2 Å². The molecule has 0 spiro atoms. The molecule has 0 aliphatic heterocycles. The molecule has 2 N–H and O–H groups in total. The Balaban J connectivity index is 2.44. The first kappa shape index (κ1) is 5.79. The fourth-order valence-electron chi connectivity index (χ4n) is 0.701. The van der Waals surface area contributed by atoms with Crippen molar-refractivity contribution < 1.29 is 10.2 Å². The summed E-state index contributed by atoms with van der Waals surface area (Å²) in [6.07, 6.45) is 4.47. The minimum Gasteiger partial charge on any atom is -0.390 e. The van der Waals surface area contributed by atoms with E-state index in [1.54, 1.807) is 6.08 Å². The monoisotopic (exact) mass is 113 g/mol. The van der Waals surface area contributed by atoms with Crippen molar-refractivity contribution in [1.29, 1.82) is 0 Å². The fraction of sp³-hybridized carbons (Fsp3) is 0.667. The molecule has 2 atom stereocenters. The highest BCUT2D eigenvalue weighted by Crippen LogP contribution is 2.09. The maximum atomic E-state index is 8.86. The van der Waals surface area contributed by atoms with Crippen molar-refractivity contribution in [3.8, 4) is 0 Å². The van der Waals surface area contributed by atoms with Gasteiger partial charge in [-0.1, -0.05) is 6.08 Å². The second-order valence-electron chi connectivity index (χ2n) is 1.98. The Morgan fingerprint density at radius 2 is 2.12 bits per heavy atom. The third-order valence-electron chi connectivity index (χ3n) is 1.27. The lowest BCUT2D eigenvalue weighted by Crippen LogP contribution is -2.26. The largest absolute Gasteiger partial charge is 0.390 e. The number of hydrogen-bond donors (Lipinski definition) is 2. The van der Waals surface area contributed by atoms with Gasteiger partial charge in [-0.05, 0) is 12.5 Å². The minimum atomic E-state index is -0.583. The van der Waals surface area contributed by atoms with Gasteiger partial charge in [-0.3, -0.25) is 0 Å². The Bertz CT molecular complexity index is 86.7. The topological polar surface area (TPSA) is 40.5 Å². The highest BCUT2D eigenvalue weighted by molar-refractivity contribution is 4.89. The zero-order valence-electron chi connectivity index (χ0n) is 4.54. The third kappa shape index (κ3) is 1.08. The Morgan fingerprint density at radius 1 is 1.38 bits per heavy atom. The van der Waals surface area contributed by atoms with Gasteiger partial charge in [-0.15, -0.1) is 0 Å². The first-order valence-electron chi connectivity index (χ1n) is 2.72. The van der Waals surface area contributed by atoms with Gasteiger partial charge in [0.15, 0.2) is 0 Å². The summed E-state index contributed by atoms with van der Waals surface area (Å²) in [7, 11) is 0. The molecule has 1 aliphatic rings. The lowest BCUT2D eigenvalue weighted by molar-refractivity contribution is 0.0177. The van der Waals surface area contributed by atoms with Crippen molar-refractivity contribution in [1.82, 2.24) is 0 Å². The van der Waals surface area contributed by atoms with Gasteiger partial charge in [0.2, 0.25) is 0 Å². The van der Waals surface area contributed by atoms with E-state index in [4.69, 9.17) is 10.2 Å². The Kier molecular flexibility index (Phi) is 1.65. The zero-order chi connectivity index (χ0) is 5.98. The van der Waals surface area contributed by atoms with Crippen LogP contribution in [-0.4, -0.2) is 22.4 Å². The maximum absolute atomic E-state index is 8.86. The van der Waals surface area contributed by atoms with E-state index >= 15 is 0 Å². The Labute approximate surface area is 48.5 Å². The van der Waals surface area contributed by atoms with Crippen LogP contribution in [0.3, 0.4) is 0 Å². The average Bonchev–Trinajstić information content (AvgIpc) is 1.77. The summed E-state index contributed by atoms with van der Waals surface area (Å²) in [6.45, 7) is 0. The number of hydrogen-bond acceptors (Lipinski definition) is 2. The number of aliphatic hydroxyl groups excluding tert-OH is 2. The van der Waals surface area contributed by atoms with Gasteiger partial charge in [0, 0.05) is 6.42 Å². The molecule has 0 bridgehead atoms. The first-order valence-corrected chi connectivity index (χ1v) is 2.72. The summed E-state index contributed by atoms with van der Waals surface area (Å²) < 4.78 is 0. The SMILES string of the molecule is OC1C[C]=CCC1O. The van der Waals surface area contributed by atoms with Crippen LogP contribution < -0.4 is 0 Å². The zero-order valence-corrected chi connectivity index (χ0v) is 4.54. The van der Waals surface area contributed by atoms with Crippen LogP contribution in [0.1, 0.15) is 12.8 Å². The Hall–Kier alpha value is -0.340. The molecular formula is C6H9O2.